The summed E-state index contributed by atoms with van der Waals surface area (Å²) in [7, 11) is 0. The van der Waals surface area contributed by atoms with Gasteiger partial charge in [-0.2, -0.15) is 0 Å². The van der Waals surface area contributed by atoms with E-state index in [0.29, 0.717) is 24.7 Å². The number of rotatable bonds is 6. The van der Waals surface area contributed by atoms with Gasteiger partial charge in [0.2, 0.25) is 5.91 Å². The number of likely N-dealkylation sites (tertiary alicyclic amines) is 1. The molecule has 132 valence electrons. The highest BCUT2D eigenvalue weighted by Crippen LogP contribution is 2.20. The molecule has 2 aromatic rings. The lowest BCUT2D eigenvalue weighted by Crippen LogP contribution is -2.41. The Morgan fingerprint density at radius 2 is 1.96 bits per heavy atom. The fraction of sp³-hybridized carbons (Fsp3) is 0.400. The third kappa shape index (κ3) is 5.28. The van der Waals surface area contributed by atoms with Crippen molar-refractivity contribution in [3.05, 3.63) is 60.2 Å². The predicted octanol–water partition coefficient (Wildman–Crippen LogP) is 3.47. The molecule has 1 fully saturated rings. The minimum absolute atomic E-state index is 0.197. The Balaban J connectivity index is 1.45. The van der Waals surface area contributed by atoms with Gasteiger partial charge in [-0.3, -0.25) is 9.78 Å². The van der Waals surface area contributed by atoms with E-state index in [4.69, 9.17) is 4.74 Å². The van der Waals surface area contributed by atoms with Gasteiger partial charge in [0.05, 0.1) is 6.61 Å². The van der Waals surface area contributed by atoms with E-state index in [1.807, 2.05) is 17.0 Å². The number of piperidine rings is 1. The summed E-state index contributed by atoms with van der Waals surface area (Å²) in [6.07, 6.45) is 6.82. The summed E-state index contributed by atoms with van der Waals surface area (Å²) in [4.78, 5) is 18.4. The van der Waals surface area contributed by atoms with Crippen LogP contribution in [0.1, 0.15) is 24.8 Å². The third-order valence-electron chi connectivity index (χ3n) is 4.55. The van der Waals surface area contributed by atoms with Crippen LogP contribution in [0.25, 0.3) is 0 Å². The predicted molar refractivity (Wildman–Crippen MR) is 93.8 cm³/mol. The van der Waals surface area contributed by atoms with Gasteiger partial charge in [0.25, 0.3) is 0 Å². The fourth-order valence-electron chi connectivity index (χ4n) is 3.13. The van der Waals surface area contributed by atoms with Crippen LogP contribution in [0.3, 0.4) is 0 Å². The van der Waals surface area contributed by atoms with Gasteiger partial charge in [-0.05, 0) is 61.2 Å². The van der Waals surface area contributed by atoms with Crippen molar-refractivity contribution < 1.29 is 13.9 Å². The molecule has 2 heterocycles. The van der Waals surface area contributed by atoms with E-state index >= 15 is 0 Å². The molecule has 0 spiro atoms. The first-order valence-corrected chi connectivity index (χ1v) is 8.76. The van der Waals surface area contributed by atoms with Crippen molar-refractivity contribution in [2.45, 2.75) is 25.7 Å². The number of aromatic nitrogens is 1. The number of carbonyl (C=O) groups is 1. The molecule has 0 radical (unpaired) electrons. The van der Waals surface area contributed by atoms with Crippen LogP contribution < -0.4 is 4.74 Å². The summed E-state index contributed by atoms with van der Waals surface area (Å²) in [6, 6.07) is 9.95. The van der Waals surface area contributed by atoms with Crippen LogP contribution in [0, 0.1) is 11.7 Å². The highest BCUT2D eigenvalue weighted by atomic mass is 19.1. The van der Waals surface area contributed by atoms with E-state index in [9.17, 15) is 9.18 Å². The molecular weight excluding hydrogens is 319 g/mol. The summed E-state index contributed by atoms with van der Waals surface area (Å²) in [5.41, 5.74) is 1.14. The Hall–Kier alpha value is -2.43. The zero-order valence-corrected chi connectivity index (χ0v) is 14.2. The molecule has 0 aliphatic carbocycles. The molecule has 1 saturated heterocycles. The first kappa shape index (κ1) is 17.4. The van der Waals surface area contributed by atoms with E-state index in [0.717, 1.165) is 37.9 Å². The molecule has 1 aromatic heterocycles. The Labute approximate surface area is 147 Å². The van der Waals surface area contributed by atoms with Crippen LogP contribution in [-0.2, 0) is 11.2 Å². The maximum atomic E-state index is 12.9. The highest BCUT2D eigenvalue weighted by molar-refractivity contribution is 5.76. The number of aryl methyl sites for hydroxylation is 1. The van der Waals surface area contributed by atoms with Crippen molar-refractivity contribution >= 4 is 5.91 Å². The first-order chi connectivity index (χ1) is 12.2. The van der Waals surface area contributed by atoms with Crippen LogP contribution >= 0.6 is 0 Å². The molecule has 5 heteroatoms. The highest BCUT2D eigenvalue weighted by Gasteiger charge is 2.23. The third-order valence-corrected chi connectivity index (χ3v) is 4.55. The van der Waals surface area contributed by atoms with Crippen LogP contribution in [0.15, 0.2) is 48.8 Å². The SMILES string of the molecule is O=C(CCc1ccncc1)N1CCC[C@H](COc2ccc(F)cc2)C1. The molecule has 1 aromatic carbocycles. The summed E-state index contributed by atoms with van der Waals surface area (Å²) < 4.78 is 18.7. The smallest absolute Gasteiger partial charge is 0.222 e. The molecule has 1 atom stereocenters. The minimum Gasteiger partial charge on any atom is -0.493 e. The van der Waals surface area contributed by atoms with Gasteiger partial charge < -0.3 is 9.64 Å². The van der Waals surface area contributed by atoms with Gasteiger partial charge in [0.1, 0.15) is 11.6 Å². The van der Waals surface area contributed by atoms with Crippen molar-refractivity contribution in [1.82, 2.24) is 9.88 Å². The van der Waals surface area contributed by atoms with Gasteiger partial charge in [-0.1, -0.05) is 0 Å². The lowest BCUT2D eigenvalue weighted by molar-refractivity contribution is -0.133. The molecule has 0 unspecified atom stereocenters. The monoisotopic (exact) mass is 342 g/mol. The maximum absolute atomic E-state index is 12.9. The van der Waals surface area contributed by atoms with Gasteiger partial charge in [-0.25, -0.2) is 4.39 Å². The molecular formula is C20H23FN2O2. The van der Waals surface area contributed by atoms with Crippen LogP contribution in [0.5, 0.6) is 5.75 Å². The summed E-state index contributed by atoms with van der Waals surface area (Å²) in [5, 5.41) is 0. The van der Waals surface area contributed by atoms with Gasteiger partial charge >= 0.3 is 0 Å². The number of amides is 1. The normalized spacial score (nSPS) is 17.3. The van der Waals surface area contributed by atoms with E-state index in [1.165, 1.54) is 12.1 Å². The quantitative estimate of drug-likeness (QED) is 0.807. The van der Waals surface area contributed by atoms with Crippen LogP contribution in [-0.4, -0.2) is 35.5 Å². The second kappa shape index (κ2) is 8.60. The molecule has 1 aliphatic rings. The Kier molecular flexibility index (Phi) is 5.99. The molecule has 4 nitrogen and oxygen atoms in total. The Bertz CT molecular complexity index is 676. The van der Waals surface area contributed by atoms with Crippen LogP contribution in [0.4, 0.5) is 4.39 Å². The Morgan fingerprint density at radius 1 is 1.20 bits per heavy atom. The number of hydrogen-bond donors (Lipinski definition) is 0. The number of benzene rings is 1. The Morgan fingerprint density at radius 3 is 2.72 bits per heavy atom. The summed E-state index contributed by atoms with van der Waals surface area (Å²) >= 11 is 0. The van der Waals surface area contributed by atoms with Crippen LogP contribution in [0.2, 0.25) is 0 Å². The maximum Gasteiger partial charge on any atom is 0.222 e. The molecule has 1 aliphatic heterocycles. The lowest BCUT2D eigenvalue weighted by Gasteiger charge is -2.32. The first-order valence-electron chi connectivity index (χ1n) is 8.76. The second-order valence-corrected chi connectivity index (χ2v) is 6.47. The number of pyridine rings is 1. The topological polar surface area (TPSA) is 42.4 Å². The molecule has 3 rings (SSSR count). The molecule has 0 N–H and O–H groups in total. The zero-order valence-electron chi connectivity index (χ0n) is 14.2. The van der Waals surface area contributed by atoms with Crippen molar-refractivity contribution in [3.63, 3.8) is 0 Å². The number of nitrogens with zero attached hydrogens (tertiary/aromatic N) is 2. The number of ether oxygens (including phenoxy) is 1. The average molecular weight is 342 g/mol. The van der Waals surface area contributed by atoms with E-state index in [-0.39, 0.29) is 11.7 Å². The summed E-state index contributed by atoms with van der Waals surface area (Å²) in [5.74, 6) is 0.922. The minimum atomic E-state index is -0.268. The van der Waals surface area contributed by atoms with E-state index < -0.39 is 0 Å². The second-order valence-electron chi connectivity index (χ2n) is 6.47. The summed E-state index contributed by atoms with van der Waals surface area (Å²) in [6.45, 7) is 2.11. The van der Waals surface area contributed by atoms with Crippen molar-refractivity contribution in [2.75, 3.05) is 19.7 Å². The lowest BCUT2D eigenvalue weighted by atomic mass is 9.98. The molecule has 0 bridgehead atoms. The number of halogens is 1. The molecule has 25 heavy (non-hydrogen) atoms. The molecule has 0 saturated carbocycles. The standard InChI is InChI=1S/C20H23FN2O2/c21-18-4-6-19(7-5-18)25-15-17-2-1-13-23(14-17)20(24)8-3-16-9-11-22-12-10-16/h4-7,9-12,17H,1-3,8,13-15H2/t17-/m0/s1. The number of hydrogen-bond acceptors (Lipinski definition) is 3. The fourth-order valence-corrected chi connectivity index (χ4v) is 3.13. The molecule has 1 amide bonds. The van der Waals surface area contributed by atoms with Crippen molar-refractivity contribution in [3.8, 4) is 5.75 Å². The van der Waals surface area contributed by atoms with E-state index in [2.05, 4.69) is 4.98 Å². The van der Waals surface area contributed by atoms with Gasteiger partial charge in [0, 0.05) is 37.8 Å². The van der Waals surface area contributed by atoms with E-state index in [1.54, 1.807) is 24.5 Å². The van der Waals surface area contributed by atoms with Crippen molar-refractivity contribution in [2.24, 2.45) is 5.92 Å². The van der Waals surface area contributed by atoms with Gasteiger partial charge in [0.15, 0.2) is 0 Å². The van der Waals surface area contributed by atoms with Gasteiger partial charge in [-0.15, -0.1) is 0 Å². The zero-order chi connectivity index (χ0) is 17.5. The van der Waals surface area contributed by atoms with Crippen molar-refractivity contribution in [1.29, 1.82) is 0 Å². The number of carbonyl (C=O) groups excluding carboxylic acids is 1. The largest absolute Gasteiger partial charge is 0.493 e. The average Bonchev–Trinajstić information content (AvgIpc) is 2.67.